The van der Waals surface area contributed by atoms with Crippen molar-refractivity contribution in [1.29, 1.82) is 0 Å². The number of H-pyrrole nitrogens is 3. The minimum Gasteiger partial charge on any atom is -0.491 e. The maximum Gasteiger partial charge on any atom is 0.327 e. The van der Waals surface area contributed by atoms with Crippen LogP contribution in [-0.2, 0) is 0 Å². The molecule has 108 valence electrons. The summed E-state index contributed by atoms with van der Waals surface area (Å²) in [6.07, 6.45) is 0.0649. The summed E-state index contributed by atoms with van der Waals surface area (Å²) >= 11 is 0. The molecule has 0 atom stereocenters. The first kappa shape index (κ1) is 13.2. The van der Waals surface area contributed by atoms with Crippen molar-refractivity contribution < 1.29 is 4.74 Å². The van der Waals surface area contributed by atoms with Crippen LogP contribution >= 0.6 is 0 Å². The molecule has 3 rings (SSSR count). The number of aromatic nitrogens is 4. The van der Waals surface area contributed by atoms with Crippen LogP contribution in [0.4, 0.5) is 0 Å². The molecule has 0 unspecified atom stereocenters. The minimum atomic E-state index is -0.581. The Balaban J connectivity index is 2.10. The molecule has 0 saturated carbocycles. The lowest BCUT2D eigenvalue weighted by atomic mass is 10.2. The molecular weight excluding hydrogens is 272 g/mol. The van der Waals surface area contributed by atoms with Gasteiger partial charge in [0.15, 0.2) is 5.65 Å². The van der Waals surface area contributed by atoms with Crippen LogP contribution in [0.25, 0.3) is 22.6 Å². The summed E-state index contributed by atoms with van der Waals surface area (Å²) in [5.74, 6) is 1.21. The topological polar surface area (TPSA) is 104 Å². The van der Waals surface area contributed by atoms with Crippen molar-refractivity contribution in [2.75, 3.05) is 0 Å². The number of nitrogens with one attached hydrogen (secondary N) is 3. The van der Waals surface area contributed by atoms with Crippen molar-refractivity contribution in [3.8, 4) is 17.1 Å². The lowest BCUT2D eigenvalue weighted by Crippen LogP contribution is -2.21. The van der Waals surface area contributed by atoms with Crippen molar-refractivity contribution in [2.24, 2.45) is 0 Å². The lowest BCUT2D eigenvalue weighted by molar-refractivity contribution is 0.242. The molecule has 0 aliphatic rings. The van der Waals surface area contributed by atoms with Gasteiger partial charge in [0.05, 0.1) is 6.10 Å². The third-order valence-electron chi connectivity index (χ3n) is 2.87. The van der Waals surface area contributed by atoms with Crippen molar-refractivity contribution in [3.63, 3.8) is 0 Å². The smallest absolute Gasteiger partial charge is 0.327 e. The zero-order valence-electron chi connectivity index (χ0n) is 11.6. The number of fused-ring (bicyclic) bond motifs is 1. The van der Waals surface area contributed by atoms with Crippen LogP contribution in [0.15, 0.2) is 33.9 Å². The minimum absolute atomic E-state index is 0.0649. The van der Waals surface area contributed by atoms with Crippen LogP contribution in [0.3, 0.4) is 0 Å². The van der Waals surface area contributed by atoms with Gasteiger partial charge in [-0.05, 0) is 26.0 Å². The van der Waals surface area contributed by atoms with E-state index in [1.807, 2.05) is 38.1 Å². The monoisotopic (exact) mass is 286 g/mol. The van der Waals surface area contributed by atoms with Gasteiger partial charge in [0, 0.05) is 5.56 Å². The Morgan fingerprint density at radius 3 is 2.71 bits per heavy atom. The van der Waals surface area contributed by atoms with Crippen molar-refractivity contribution in [2.45, 2.75) is 20.0 Å². The van der Waals surface area contributed by atoms with E-state index in [-0.39, 0.29) is 17.3 Å². The lowest BCUT2D eigenvalue weighted by Gasteiger charge is -2.09. The van der Waals surface area contributed by atoms with E-state index in [1.165, 1.54) is 0 Å². The first-order valence-electron chi connectivity index (χ1n) is 6.52. The molecule has 0 amide bonds. The van der Waals surface area contributed by atoms with Crippen LogP contribution in [-0.4, -0.2) is 26.0 Å². The largest absolute Gasteiger partial charge is 0.491 e. The number of ether oxygens (including phenoxy) is 1. The maximum absolute atomic E-state index is 11.7. The highest BCUT2D eigenvalue weighted by Gasteiger charge is 2.10. The van der Waals surface area contributed by atoms with Gasteiger partial charge >= 0.3 is 5.69 Å². The van der Waals surface area contributed by atoms with Crippen LogP contribution in [0, 0.1) is 0 Å². The quantitative estimate of drug-likeness (QED) is 0.676. The molecule has 1 aromatic carbocycles. The Bertz CT molecular complexity index is 904. The SMILES string of the molecule is CC(C)Oc1cccc(-c2nc3[nH]c(=O)[nH]c(=O)c3[nH]2)c1. The summed E-state index contributed by atoms with van der Waals surface area (Å²) in [5, 5.41) is 0. The van der Waals surface area contributed by atoms with Crippen LogP contribution < -0.4 is 16.0 Å². The second-order valence-corrected chi connectivity index (χ2v) is 4.91. The Morgan fingerprint density at radius 2 is 1.95 bits per heavy atom. The van der Waals surface area contributed by atoms with E-state index in [9.17, 15) is 9.59 Å². The molecule has 0 aliphatic heterocycles. The molecule has 7 nitrogen and oxygen atoms in total. The summed E-state index contributed by atoms with van der Waals surface area (Å²) in [5.41, 5.74) is 0.155. The number of hydrogen-bond donors (Lipinski definition) is 3. The molecule has 0 saturated heterocycles. The average Bonchev–Trinajstić information content (AvgIpc) is 2.82. The van der Waals surface area contributed by atoms with Gasteiger partial charge in [-0.25, -0.2) is 9.78 Å². The highest BCUT2D eigenvalue weighted by atomic mass is 16.5. The molecular formula is C14H14N4O3. The van der Waals surface area contributed by atoms with Crippen LogP contribution in [0.2, 0.25) is 0 Å². The van der Waals surface area contributed by atoms with Gasteiger partial charge in [0.2, 0.25) is 0 Å². The van der Waals surface area contributed by atoms with Crippen LogP contribution in [0.5, 0.6) is 5.75 Å². The average molecular weight is 286 g/mol. The Morgan fingerprint density at radius 1 is 1.14 bits per heavy atom. The van der Waals surface area contributed by atoms with Gasteiger partial charge in [0.25, 0.3) is 5.56 Å². The normalized spacial score (nSPS) is 11.2. The maximum atomic E-state index is 11.7. The fourth-order valence-corrected chi connectivity index (χ4v) is 2.06. The number of aromatic amines is 3. The summed E-state index contributed by atoms with van der Waals surface area (Å²) in [6, 6.07) is 7.36. The molecule has 0 bridgehead atoms. The molecule has 7 heteroatoms. The van der Waals surface area contributed by atoms with Gasteiger partial charge in [-0.3, -0.25) is 14.8 Å². The molecule has 2 heterocycles. The standard InChI is InChI=1S/C14H14N4O3/c1-7(2)21-9-5-3-4-8(6-9)11-15-10-12(16-11)17-14(20)18-13(10)19/h3-7H,1-2H3,(H3,15,16,17,18,19,20). The molecule has 0 spiro atoms. The van der Waals surface area contributed by atoms with Crippen molar-refractivity contribution in [1.82, 2.24) is 19.9 Å². The van der Waals surface area contributed by atoms with Gasteiger partial charge in [-0.2, -0.15) is 0 Å². The van der Waals surface area contributed by atoms with E-state index in [1.54, 1.807) is 0 Å². The zero-order chi connectivity index (χ0) is 15.0. The Hall–Kier alpha value is -2.83. The Kier molecular flexibility index (Phi) is 3.09. The number of imidazole rings is 1. The fraction of sp³-hybridized carbons (Fsp3) is 0.214. The predicted octanol–water partition coefficient (Wildman–Crippen LogP) is 1.39. The molecule has 3 N–H and O–H groups in total. The third-order valence-corrected chi connectivity index (χ3v) is 2.87. The van der Waals surface area contributed by atoms with E-state index in [4.69, 9.17) is 4.74 Å². The highest BCUT2D eigenvalue weighted by molar-refractivity contribution is 5.74. The summed E-state index contributed by atoms with van der Waals surface area (Å²) in [6.45, 7) is 3.89. The summed E-state index contributed by atoms with van der Waals surface area (Å²) < 4.78 is 5.63. The van der Waals surface area contributed by atoms with Gasteiger partial charge in [-0.1, -0.05) is 12.1 Å². The van der Waals surface area contributed by atoms with E-state index in [0.29, 0.717) is 11.6 Å². The number of nitrogens with zero attached hydrogens (tertiary/aromatic N) is 1. The molecule has 2 aromatic heterocycles. The van der Waals surface area contributed by atoms with E-state index >= 15 is 0 Å². The van der Waals surface area contributed by atoms with E-state index < -0.39 is 11.2 Å². The molecule has 0 fully saturated rings. The van der Waals surface area contributed by atoms with E-state index in [0.717, 1.165) is 5.56 Å². The Labute approximate surface area is 119 Å². The third kappa shape index (κ3) is 2.58. The van der Waals surface area contributed by atoms with Crippen molar-refractivity contribution in [3.05, 3.63) is 45.1 Å². The number of rotatable bonds is 3. The zero-order valence-corrected chi connectivity index (χ0v) is 11.6. The second-order valence-electron chi connectivity index (χ2n) is 4.91. The molecule has 0 aliphatic carbocycles. The van der Waals surface area contributed by atoms with Crippen molar-refractivity contribution >= 4 is 11.2 Å². The molecule has 0 radical (unpaired) electrons. The first-order valence-corrected chi connectivity index (χ1v) is 6.52. The first-order chi connectivity index (χ1) is 10.0. The van der Waals surface area contributed by atoms with Gasteiger partial charge in [0.1, 0.15) is 17.1 Å². The number of benzene rings is 1. The highest BCUT2D eigenvalue weighted by Crippen LogP contribution is 2.23. The second kappa shape index (κ2) is 4.93. The predicted molar refractivity (Wildman–Crippen MR) is 78.5 cm³/mol. The fourth-order valence-electron chi connectivity index (χ4n) is 2.06. The summed E-state index contributed by atoms with van der Waals surface area (Å²) in [7, 11) is 0. The van der Waals surface area contributed by atoms with Gasteiger partial charge < -0.3 is 9.72 Å². The number of hydrogen-bond acceptors (Lipinski definition) is 4. The molecule has 3 aromatic rings. The molecule has 21 heavy (non-hydrogen) atoms. The van der Waals surface area contributed by atoms with E-state index in [2.05, 4.69) is 19.9 Å². The van der Waals surface area contributed by atoms with Crippen LogP contribution in [0.1, 0.15) is 13.8 Å². The van der Waals surface area contributed by atoms with Gasteiger partial charge in [-0.15, -0.1) is 0 Å². The summed E-state index contributed by atoms with van der Waals surface area (Å²) in [4.78, 5) is 34.7.